The van der Waals surface area contributed by atoms with Crippen molar-refractivity contribution < 1.29 is 18.0 Å². The molecule has 1 unspecified atom stereocenters. The van der Waals surface area contributed by atoms with Crippen molar-refractivity contribution in [2.75, 3.05) is 6.54 Å². The predicted molar refractivity (Wildman–Crippen MR) is 109 cm³/mol. The summed E-state index contributed by atoms with van der Waals surface area (Å²) in [5.41, 5.74) is 3.62. The molecule has 1 aliphatic rings. The zero-order valence-corrected chi connectivity index (χ0v) is 17.2. The van der Waals surface area contributed by atoms with E-state index in [9.17, 15) is 18.4 Å². The molecule has 0 N–H and O–H groups in total. The van der Waals surface area contributed by atoms with Gasteiger partial charge in [-0.25, -0.2) is 0 Å². The van der Waals surface area contributed by atoms with Crippen LogP contribution in [0, 0.1) is 11.3 Å². The molecule has 0 saturated carbocycles. The van der Waals surface area contributed by atoms with Gasteiger partial charge in [0.05, 0.1) is 17.7 Å². The summed E-state index contributed by atoms with van der Waals surface area (Å²) in [6.07, 6.45) is -2.85. The van der Waals surface area contributed by atoms with Crippen LogP contribution in [0.15, 0.2) is 59.8 Å². The Morgan fingerprint density at radius 3 is 2.33 bits per heavy atom. The Labute approximate surface area is 174 Å². The lowest BCUT2D eigenvalue weighted by Crippen LogP contribution is -2.48. The third-order valence-corrected chi connectivity index (χ3v) is 5.27. The molecule has 0 radical (unpaired) electrons. The van der Waals surface area contributed by atoms with Gasteiger partial charge in [0, 0.05) is 5.70 Å². The van der Waals surface area contributed by atoms with Gasteiger partial charge in [-0.05, 0) is 60.3 Å². The summed E-state index contributed by atoms with van der Waals surface area (Å²) < 4.78 is 39.5. The van der Waals surface area contributed by atoms with Gasteiger partial charge in [0.15, 0.2) is 0 Å². The molecule has 0 amide bonds. The molecule has 0 saturated heterocycles. The lowest BCUT2D eigenvalue weighted by atomic mass is 10.0. The van der Waals surface area contributed by atoms with Crippen LogP contribution in [0.4, 0.5) is 13.2 Å². The summed E-state index contributed by atoms with van der Waals surface area (Å²) in [6, 6.07) is 16.2. The van der Waals surface area contributed by atoms with E-state index in [1.54, 1.807) is 43.3 Å². The summed E-state index contributed by atoms with van der Waals surface area (Å²) in [5.74, 6) is 0.434. The molecule has 3 rings (SSSR count). The second-order valence-corrected chi connectivity index (χ2v) is 7.32. The predicted octanol–water partition coefficient (Wildman–Crippen LogP) is 6.08. The Hall–Kier alpha value is -2.98. The molecule has 2 aromatic rings. The molecule has 0 aliphatic carbocycles. The zero-order valence-electron chi connectivity index (χ0n) is 17.2. The van der Waals surface area contributed by atoms with Gasteiger partial charge in [0.2, 0.25) is 0 Å². The van der Waals surface area contributed by atoms with Gasteiger partial charge in [-0.15, -0.1) is 0 Å². The maximum absolute atomic E-state index is 13.2. The summed E-state index contributed by atoms with van der Waals surface area (Å²) >= 11 is 0. The Morgan fingerprint density at radius 1 is 1.07 bits per heavy atom. The minimum absolute atomic E-state index is 0.253. The van der Waals surface area contributed by atoms with E-state index in [1.165, 1.54) is 5.17 Å². The number of halogens is 3. The maximum Gasteiger partial charge on any atom is 0.407 e. The van der Waals surface area contributed by atoms with E-state index < -0.39 is 12.7 Å². The smallest absolute Gasteiger partial charge is 0.386 e. The van der Waals surface area contributed by atoms with Crippen LogP contribution in [0.25, 0.3) is 11.1 Å². The molecule has 7 heteroatoms. The van der Waals surface area contributed by atoms with Gasteiger partial charge < -0.3 is 4.84 Å². The first-order chi connectivity index (χ1) is 14.2. The van der Waals surface area contributed by atoms with Gasteiger partial charge in [0.1, 0.15) is 12.3 Å². The van der Waals surface area contributed by atoms with E-state index in [2.05, 4.69) is 6.07 Å². The van der Waals surface area contributed by atoms with Crippen molar-refractivity contribution in [3.8, 4) is 22.9 Å². The monoisotopic (exact) mass is 415 g/mol. The number of hydrogen-bond donors (Lipinski definition) is 0. The number of nitriles is 1. The Balaban J connectivity index is 1.86. The van der Waals surface area contributed by atoms with Crippen molar-refractivity contribution in [3.63, 3.8) is 0 Å². The van der Waals surface area contributed by atoms with Crippen molar-refractivity contribution in [2.45, 2.75) is 45.8 Å². The molecule has 0 fully saturated rings. The van der Waals surface area contributed by atoms with Crippen molar-refractivity contribution in [1.29, 1.82) is 5.26 Å². The van der Waals surface area contributed by atoms with Gasteiger partial charge in [0.25, 0.3) is 0 Å². The lowest BCUT2D eigenvalue weighted by molar-refractivity contribution is -0.251. The molecule has 1 atom stereocenters. The minimum Gasteiger partial charge on any atom is -0.386 e. The molecule has 158 valence electrons. The largest absolute Gasteiger partial charge is 0.407 e. The SMILES string of the molecule is CCCC1C(C)=C(C)N(CC(F)(F)F)N1Oc1ccc(-c2ccccc2C#N)cc1. The summed E-state index contributed by atoms with van der Waals surface area (Å²) in [4.78, 5) is 5.94. The number of hydrazine groups is 1. The average molecular weight is 415 g/mol. The average Bonchev–Trinajstić information content (AvgIpc) is 2.92. The molecule has 4 nitrogen and oxygen atoms in total. The fourth-order valence-corrected chi connectivity index (χ4v) is 3.63. The first-order valence-electron chi connectivity index (χ1n) is 9.83. The van der Waals surface area contributed by atoms with Crippen molar-refractivity contribution in [2.24, 2.45) is 0 Å². The molecular weight excluding hydrogens is 391 g/mol. The maximum atomic E-state index is 13.2. The van der Waals surface area contributed by atoms with E-state index in [-0.39, 0.29) is 6.04 Å². The molecule has 0 aromatic heterocycles. The van der Waals surface area contributed by atoms with E-state index in [0.717, 1.165) is 28.1 Å². The van der Waals surface area contributed by atoms with Crippen LogP contribution in [0.3, 0.4) is 0 Å². The van der Waals surface area contributed by atoms with E-state index >= 15 is 0 Å². The van der Waals surface area contributed by atoms with Gasteiger partial charge >= 0.3 is 6.18 Å². The van der Waals surface area contributed by atoms with Gasteiger partial charge in [-0.1, -0.05) is 43.7 Å². The number of allylic oxidation sites excluding steroid dienone is 1. The van der Waals surface area contributed by atoms with Gasteiger partial charge in [-0.3, -0.25) is 5.01 Å². The van der Waals surface area contributed by atoms with Crippen LogP contribution in [0.1, 0.15) is 39.2 Å². The van der Waals surface area contributed by atoms with E-state index in [1.807, 2.05) is 26.0 Å². The second kappa shape index (κ2) is 8.80. The molecule has 30 heavy (non-hydrogen) atoms. The summed E-state index contributed by atoms with van der Waals surface area (Å²) in [5, 5.41) is 11.8. The van der Waals surface area contributed by atoms with Crippen molar-refractivity contribution in [1.82, 2.24) is 10.2 Å². The Bertz CT molecular complexity index is 961. The molecular formula is C23H24F3N3O. The number of rotatable bonds is 6. The first kappa shape index (κ1) is 21.7. The molecule has 0 bridgehead atoms. The fourth-order valence-electron chi connectivity index (χ4n) is 3.63. The summed E-state index contributed by atoms with van der Waals surface area (Å²) in [7, 11) is 0. The van der Waals surface area contributed by atoms with Crippen LogP contribution in [-0.2, 0) is 0 Å². The number of hydroxylamine groups is 1. The fraction of sp³-hybridized carbons (Fsp3) is 0.348. The van der Waals surface area contributed by atoms with Crippen LogP contribution >= 0.6 is 0 Å². The number of benzene rings is 2. The van der Waals surface area contributed by atoms with Crippen LogP contribution in [0.2, 0.25) is 0 Å². The third-order valence-electron chi connectivity index (χ3n) is 5.27. The van der Waals surface area contributed by atoms with E-state index in [4.69, 9.17) is 4.84 Å². The quantitative estimate of drug-likeness (QED) is 0.574. The summed E-state index contributed by atoms with van der Waals surface area (Å²) in [6.45, 7) is 4.43. The van der Waals surface area contributed by atoms with Gasteiger partial charge in [-0.2, -0.15) is 18.4 Å². The highest BCUT2D eigenvalue weighted by atomic mass is 19.4. The van der Waals surface area contributed by atoms with Crippen molar-refractivity contribution in [3.05, 3.63) is 65.4 Å². The van der Waals surface area contributed by atoms with Crippen LogP contribution in [0.5, 0.6) is 5.75 Å². The normalized spacial score (nSPS) is 17.4. The van der Waals surface area contributed by atoms with E-state index in [0.29, 0.717) is 23.4 Å². The standard InChI is InChI=1S/C23H24F3N3O/c1-4-7-22-16(2)17(3)28(15-23(24,25)26)29(22)30-20-12-10-18(11-13-20)21-9-6-5-8-19(21)14-27/h5-6,8-13,22H,4,7,15H2,1-3H3. The molecule has 1 aliphatic heterocycles. The zero-order chi connectivity index (χ0) is 21.9. The van der Waals surface area contributed by atoms with Crippen LogP contribution < -0.4 is 4.84 Å². The van der Waals surface area contributed by atoms with Crippen LogP contribution in [-0.4, -0.2) is 28.9 Å². The Morgan fingerprint density at radius 2 is 1.73 bits per heavy atom. The highest BCUT2D eigenvalue weighted by Gasteiger charge is 2.42. The lowest BCUT2D eigenvalue weighted by Gasteiger charge is -2.34. The molecule has 2 aromatic carbocycles. The first-order valence-corrected chi connectivity index (χ1v) is 9.83. The third kappa shape index (κ3) is 4.60. The second-order valence-electron chi connectivity index (χ2n) is 7.32. The minimum atomic E-state index is -4.35. The number of alkyl halides is 3. The Kier molecular flexibility index (Phi) is 6.37. The molecule has 1 heterocycles. The highest BCUT2D eigenvalue weighted by Crippen LogP contribution is 2.35. The number of nitrogens with zero attached hydrogens (tertiary/aromatic N) is 3. The number of hydrogen-bond acceptors (Lipinski definition) is 4. The highest BCUT2D eigenvalue weighted by molar-refractivity contribution is 5.70. The molecule has 0 spiro atoms. The van der Waals surface area contributed by atoms with Crippen molar-refractivity contribution >= 4 is 0 Å². The topological polar surface area (TPSA) is 39.5 Å².